The Kier molecular flexibility index (Phi) is 4.65. The van der Waals surface area contributed by atoms with Crippen LogP contribution in [-0.2, 0) is 0 Å². The van der Waals surface area contributed by atoms with Gasteiger partial charge in [-0.2, -0.15) is 0 Å². The van der Waals surface area contributed by atoms with Gasteiger partial charge in [-0.15, -0.1) is 0 Å². The second-order valence-electron chi connectivity index (χ2n) is 6.01. The Hall–Kier alpha value is -1.55. The summed E-state index contributed by atoms with van der Waals surface area (Å²) in [5.41, 5.74) is 8.62. The molecule has 0 amide bonds. The summed E-state index contributed by atoms with van der Waals surface area (Å²) in [4.78, 5) is 4.52. The van der Waals surface area contributed by atoms with Crippen molar-refractivity contribution < 1.29 is 4.42 Å². The highest BCUT2D eigenvalue weighted by Gasteiger charge is 2.12. The Morgan fingerprint density at radius 3 is 2.60 bits per heavy atom. The number of aromatic nitrogens is 1. The van der Waals surface area contributed by atoms with Crippen molar-refractivity contribution in [3.63, 3.8) is 0 Å². The first kappa shape index (κ1) is 14.9. The van der Waals surface area contributed by atoms with Crippen molar-refractivity contribution in [3.8, 4) is 0 Å². The van der Waals surface area contributed by atoms with Crippen LogP contribution in [0.25, 0.3) is 11.1 Å². The zero-order chi connectivity index (χ0) is 14.7. The van der Waals surface area contributed by atoms with Gasteiger partial charge in [0.05, 0.1) is 0 Å². The summed E-state index contributed by atoms with van der Waals surface area (Å²) >= 11 is 0. The van der Waals surface area contributed by atoms with E-state index in [1.54, 1.807) is 0 Å². The molecule has 0 fully saturated rings. The molecule has 0 radical (unpaired) electrons. The summed E-state index contributed by atoms with van der Waals surface area (Å²) in [6, 6.07) is 6.05. The molecule has 0 saturated heterocycles. The number of rotatable bonds is 6. The zero-order valence-corrected chi connectivity index (χ0v) is 12.8. The summed E-state index contributed by atoms with van der Waals surface area (Å²) in [6.07, 6.45) is 0. The number of oxazole rings is 1. The monoisotopic (exact) mass is 275 g/mol. The Balaban J connectivity index is 2.11. The third kappa shape index (κ3) is 3.31. The molecule has 0 aliphatic carbocycles. The molecular weight excluding hydrogens is 250 g/mol. The van der Waals surface area contributed by atoms with Crippen molar-refractivity contribution in [1.82, 2.24) is 4.98 Å². The Morgan fingerprint density at radius 1 is 1.25 bits per heavy atom. The molecule has 1 unspecified atom stereocenters. The van der Waals surface area contributed by atoms with E-state index in [1.165, 1.54) is 0 Å². The second kappa shape index (κ2) is 6.27. The van der Waals surface area contributed by atoms with Crippen LogP contribution in [0.4, 0.5) is 5.69 Å². The van der Waals surface area contributed by atoms with Crippen molar-refractivity contribution in [2.24, 2.45) is 17.6 Å². The average Bonchev–Trinajstić information content (AvgIpc) is 2.82. The van der Waals surface area contributed by atoms with Crippen LogP contribution in [0.3, 0.4) is 0 Å². The van der Waals surface area contributed by atoms with Crippen molar-refractivity contribution in [1.29, 1.82) is 0 Å². The van der Waals surface area contributed by atoms with Crippen LogP contribution in [0.1, 0.15) is 39.5 Å². The molecular formula is C16H25N3O. The number of nitrogens with zero attached hydrogens (tertiary/aromatic N) is 1. The normalized spacial score (nSPS) is 13.3. The fraction of sp³-hybridized carbons (Fsp3) is 0.562. The van der Waals surface area contributed by atoms with Gasteiger partial charge >= 0.3 is 0 Å². The van der Waals surface area contributed by atoms with Crippen LogP contribution in [0, 0.1) is 11.8 Å². The summed E-state index contributed by atoms with van der Waals surface area (Å²) < 4.78 is 5.71. The fourth-order valence-electron chi connectivity index (χ4n) is 2.14. The van der Waals surface area contributed by atoms with Crippen LogP contribution in [-0.4, -0.2) is 18.1 Å². The Morgan fingerprint density at radius 2 is 2.00 bits per heavy atom. The fourth-order valence-corrected chi connectivity index (χ4v) is 2.14. The lowest BCUT2D eigenvalue weighted by atomic mass is 9.96. The molecule has 20 heavy (non-hydrogen) atoms. The topological polar surface area (TPSA) is 64.1 Å². The molecule has 0 bridgehead atoms. The van der Waals surface area contributed by atoms with E-state index < -0.39 is 0 Å². The summed E-state index contributed by atoms with van der Waals surface area (Å²) in [6.45, 7) is 10.2. The highest BCUT2D eigenvalue weighted by atomic mass is 16.3. The standard InChI is InChI=1S/C16H25N3O/c1-10(2)12(8-17)9-18-13-5-6-15-14(7-13)19-16(20-15)11(3)4/h5-7,10-12,18H,8-9,17H2,1-4H3. The molecule has 4 heteroatoms. The van der Waals surface area contributed by atoms with Gasteiger partial charge < -0.3 is 15.5 Å². The largest absolute Gasteiger partial charge is 0.440 e. The molecule has 2 aromatic rings. The minimum atomic E-state index is 0.307. The number of benzene rings is 1. The van der Waals surface area contributed by atoms with Crippen molar-refractivity contribution in [2.75, 3.05) is 18.4 Å². The maximum Gasteiger partial charge on any atom is 0.198 e. The zero-order valence-electron chi connectivity index (χ0n) is 12.8. The molecule has 1 atom stereocenters. The molecule has 2 rings (SSSR count). The molecule has 0 aliphatic rings. The van der Waals surface area contributed by atoms with Crippen molar-refractivity contribution in [2.45, 2.75) is 33.6 Å². The SMILES string of the molecule is CC(C)c1nc2cc(NCC(CN)C(C)C)ccc2o1. The van der Waals surface area contributed by atoms with Crippen LogP contribution in [0.15, 0.2) is 22.6 Å². The molecule has 0 spiro atoms. The highest BCUT2D eigenvalue weighted by Crippen LogP contribution is 2.24. The quantitative estimate of drug-likeness (QED) is 0.845. The first-order valence-electron chi connectivity index (χ1n) is 7.35. The molecule has 0 aliphatic heterocycles. The number of hydrogen-bond acceptors (Lipinski definition) is 4. The van der Waals surface area contributed by atoms with Gasteiger partial charge in [-0.3, -0.25) is 0 Å². The lowest BCUT2D eigenvalue weighted by Crippen LogP contribution is -2.27. The van der Waals surface area contributed by atoms with Gasteiger partial charge in [0.2, 0.25) is 0 Å². The van der Waals surface area contributed by atoms with Crippen molar-refractivity contribution >= 4 is 16.8 Å². The smallest absolute Gasteiger partial charge is 0.198 e. The first-order chi connectivity index (χ1) is 9.51. The molecule has 1 heterocycles. The third-order valence-corrected chi connectivity index (χ3v) is 3.71. The predicted molar refractivity (Wildman–Crippen MR) is 84.0 cm³/mol. The molecule has 4 nitrogen and oxygen atoms in total. The molecule has 110 valence electrons. The van der Waals surface area contributed by atoms with Crippen LogP contribution in [0.2, 0.25) is 0 Å². The van der Waals surface area contributed by atoms with E-state index in [9.17, 15) is 0 Å². The molecule has 1 aromatic carbocycles. The van der Waals surface area contributed by atoms with E-state index in [4.69, 9.17) is 10.2 Å². The Labute approximate surface area is 120 Å². The van der Waals surface area contributed by atoms with Crippen LogP contribution >= 0.6 is 0 Å². The third-order valence-electron chi connectivity index (χ3n) is 3.71. The second-order valence-corrected chi connectivity index (χ2v) is 6.01. The first-order valence-corrected chi connectivity index (χ1v) is 7.35. The van der Waals surface area contributed by atoms with Gasteiger partial charge in [0.15, 0.2) is 11.5 Å². The molecule has 1 aromatic heterocycles. The van der Waals surface area contributed by atoms with Gasteiger partial charge in [-0.1, -0.05) is 27.7 Å². The van der Waals surface area contributed by atoms with E-state index in [1.807, 2.05) is 18.2 Å². The average molecular weight is 275 g/mol. The Bertz CT molecular complexity index is 560. The number of nitrogens with two attached hydrogens (primary N) is 1. The molecule has 3 N–H and O–H groups in total. The summed E-state index contributed by atoms with van der Waals surface area (Å²) in [5.74, 6) is 2.16. The number of hydrogen-bond donors (Lipinski definition) is 2. The maximum atomic E-state index is 5.80. The lowest BCUT2D eigenvalue weighted by Gasteiger charge is -2.19. The molecule has 0 saturated carbocycles. The lowest BCUT2D eigenvalue weighted by molar-refractivity contribution is 0.413. The maximum absolute atomic E-state index is 5.80. The van der Waals surface area contributed by atoms with Gasteiger partial charge in [-0.05, 0) is 36.6 Å². The van der Waals surface area contributed by atoms with E-state index in [0.717, 1.165) is 29.2 Å². The van der Waals surface area contributed by atoms with E-state index in [0.29, 0.717) is 24.3 Å². The van der Waals surface area contributed by atoms with Gasteiger partial charge in [-0.25, -0.2) is 4.98 Å². The van der Waals surface area contributed by atoms with E-state index in [2.05, 4.69) is 38.0 Å². The number of anilines is 1. The van der Waals surface area contributed by atoms with Gasteiger partial charge in [0.1, 0.15) is 5.52 Å². The minimum Gasteiger partial charge on any atom is -0.440 e. The van der Waals surface area contributed by atoms with E-state index >= 15 is 0 Å². The van der Waals surface area contributed by atoms with Crippen LogP contribution in [0.5, 0.6) is 0 Å². The number of fused-ring (bicyclic) bond motifs is 1. The highest BCUT2D eigenvalue weighted by molar-refractivity contribution is 5.77. The van der Waals surface area contributed by atoms with E-state index in [-0.39, 0.29) is 0 Å². The summed E-state index contributed by atoms with van der Waals surface area (Å²) in [5, 5.41) is 3.45. The summed E-state index contributed by atoms with van der Waals surface area (Å²) in [7, 11) is 0. The predicted octanol–water partition coefficient (Wildman–Crippen LogP) is 3.59. The van der Waals surface area contributed by atoms with Gasteiger partial charge in [0, 0.05) is 18.2 Å². The van der Waals surface area contributed by atoms with Crippen molar-refractivity contribution in [3.05, 3.63) is 24.1 Å². The number of nitrogens with one attached hydrogen (secondary N) is 1. The minimum absolute atomic E-state index is 0.307. The van der Waals surface area contributed by atoms with Crippen LogP contribution < -0.4 is 11.1 Å². The van der Waals surface area contributed by atoms with Gasteiger partial charge in [0.25, 0.3) is 0 Å².